The maximum Gasteiger partial charge on any atom is 0.187 e. The molecular formula is C25H29NO. The summed E-state index contributed by atoms with van der Waals surface area (Å²) in [7, 11) is 0. The number of rotatable bonds is 3. The van der Waals surface area contributed by atoms with Crippen molar-refractivity contribution in [1.82, 2.24) is 4.90 Å². The highest BCUT2D eigenvalue weighted by molar-refractivity contribution is 6.14. The molecule has 2 heteroatoms. The molecule has 1 heterocycles. The molecular weight excluding hydrogens is 330 g/mol. The Hall–Kier alpha value is -2.45. The molecule has 2 nitrogen and oxygen atoms in total. The van der Waals surface area contributed by atoms with Gasteiger partial charge >= 0.3 is 0 Å². The third-order valence-electron chi connectivity index (χ3n) is 5.33. The fourth-order valence-corrected chi connectivity index (χ4v) is 3.68. The Balaban J connectivity index is 2.00. The van der Waals surface area contributed by atoms with Crippen molar-refractivity contribution in [3.8, 4) is 0 Å². The van der Waals surface area contributed by atoms with E-state index in [1.54, 1.807) is 0 Å². The lowest BCUT2D eigenvalue weighted by atomic mass is 9.92. The molecule has 0 radical (unpaired) electrons. The number of carbonyl (C=O) groups excluding carboxylic acids is 1. The van der Waals surface area contributed by atoms with Crippen molar-refractivity contribution in [2.75, 3.05) is 19.6 Å². The van der Waals surface area contributed by atoms with Gasteiger partial charge in [-0.3, -0.25) is 9.69 Å². The van der Waals surface area contributed by atoms with Crippen LogP contribution in [-0.2, 0) is 4.79 Å². The lowest BCUT2D eigenvalue weighted by Crippen LogP contribution is -2.37. The Kier molecular flexibility index (Phi) is 5.76. The molecule has 0 unspecified atom stereocenters. The normalized spacial score (nSPS) is 18.5. The van der Waals surface area contributed by atoms with E-state index in [1.165, 1.54) is 22.3 Å². The van der Waals surface area contributed by atoms with Crippen molar-refractivity contribution in [2.24, 2.45) is 0 Å². The third-order valence-corrected chi connectivity index (χ3v) is 5.33. The van der Waals surface area contributed by atoms with E-state index in [0.29, 0.717) is 13.1 Å². The number of nitrogens with zero attached hydrogens (tertiary/aromatic N) is 1. The first-order valence-electron chi connectivity index (χ1n) is 9.70. The highest BCUT2D eigenvalue weighted by Gasteiger charge is 2.25. The number of piperidine rings is 1. The quantitative estimate of drug-likeness (QED) is 0.694. The number of likely N-dealkylation sites (tertiary alicyclic amines) is 1. The zero-order valence-electron chi connectivity index (χ0n) is 17.1. The number of ketones is 1. The van der Waals surface area contributed by atoms with Crippen LogP contribution in [-0.4, -0.2) is 30.3 Å². The van der Waals surface area contributed by atoms with Crippen LogP contribution in [0.1, 0.15) is 40.3 Å². The predicted octanol–water partition coefficient (Wildman–Crippen LogP) is 5.29. The first kappa shape index (κ1) is 19.3. The predicted molar refractivity (Wildman–Crippen MR) is 115 cm³/mol. The van der Waals surface area contributed by atoms with Crippen LogP contribution in [0, 0.1) is 27.7 Å². The number of aryl methyl sites for hydroxylation is 4. The fourth-order valence-electron chi connectivity index (χ4n) is 3.68. The molecule has 2 aromatic rings. The van der Waals surface area contributed by atoms with Gasteiger partial charge in [0.25, 0.3) is 0 Å². The van der Waals surface area contributed by atoms with E-state index in [0.717, 1.165) is 28.8 Å². The van der Waals surface area contributed by atoms with Crippen LogP contribution >= 0.6 is 0 Å². The van der Waals surface area contributed by atoms with E-state index in [-0.39, 0.29) is 5.78 Å². The Morgan fingerprint density at radius 1 is 0.815 bits per heavy atom. The maximum atomic E-state index is 13.2. The summed E-state index contributed by atoms with van der Waals surface area (Å²) in [5.74, 6) is 0.180. The maximum absolute atomic E-state index is 13.2. The molecule has 0 bridgehead atoms. The standard InChI is InChI=1S/C25H29NO/c1-6-26-15-23(13-21-9-7-17(2)11-19(21)4)25(27)24(16-26)14-22-10-8-18(3)12-20(22)5/h7-14H,6,15-16H2,1-5H3/b23-13+,24-14+. The van der Waals surface area contributed by atoms with Crippen LogP contribution < -0.4 is 0 Å². The van der Waals surface area contributed by atoms with E-state index in [9.17, 15) is 4.79 Å². The summed E-state index contributed by atoms with van der Waals surface area (Å²) < 4.78 is 0. The SMILES string of the molecule is CCN1C/C(=C\c2ccc(C)cc2C)C(=O)/C(=C/c2ccc(C)cc2C)C1. The van der Waals surface area contributed by atoms with Gasteiger partial charge in [0.2, 0.25) is 0 Å². The fraction of sp³-hybridized carbons (Fsp3) is 0.320. The molecule has 0 aromatic heterocycles. The minimum atomic E-state index is 0.180. The van der Waals surface area contributed by atoms with E-state index >= 15 is 0 Å². The molecule has 0 aliphatic carbocycles. The average Bonchev–Trinajstić information content (AvgIpc) is 2.62. The van der Waals surface area contributed by atoms with Crippen LogP contribution in [0.2, 0.25) is 0 Å². The van der Waals surface area contributed by atoms with Crippen molar-refractivity contribution in [2.45, 2.75) is 34.6 Å². The van der Waals surface area contributed by atoms with Crippen LogP contribution in [0.4, 0.5) is 0 Å². The van der Waals surface area contributed by atoms with Gasteiger partial charge in [-0.15, -0.1) is 0 Å². The largest absolute Gasteiger partial charge is 0.295 e. The minimum absolute atomic E-state index is 0.180. The number of carbonyl (C=O) groups is 1. The highest BCUT2D eigenvalue weighted by Crippen LogP contribution is 2.24. The summed E-state index contributed by atoms with van der Waals surface area (Å²) in [4.78, 5) is 15.5. The minimum Gasteiger partial charge on any atom is -0.295 e. The van der Waals surface area contributed by atoms with Crippen molar-refractivity contribution >= 4 is 17.9 Å². The van der Waals surface area contributed by atoms with Gasteiger partial charge in [0.15, 0.2) is 5.78 Å². The van der Waals surface area contributed by atoms with Crippen molar-refractivity contribution < 1.29 is 4.79 Å². The summed E-state index contributed by atoms with van der Waals surface area (Å²) in [6.45, 7) is 12.9. The number of hydrogen-bond acceptors (Lipinski definition) is 2. The third kappa shape index (κ3) is 4.45. The van der Waals surface area contributed by atoms with Gasteiger partial charge in [-0.25, -0.2) is 0 Å². The average molecular weight is 360 g/mol. The van der Waals surface area contributed by atoms with Gasteiger partial charge in [0.1, 0.15) is 0 Å². The number of benzene rings is 2. The second-order valence-electron chi connectivity index (χ2n) is 7.69. The van der Waals surface area contributed by atoms with E-state index in [1.807, 2.05) is 0 Å². The molecule has 0 amide bonds. The molecule has 2 aromatic carbocycles. The zero-order valence-corrected chi connectivity index (χ0v) is 17.1. The molecule has 0 spiro atoms. The lowest BCUT2D eigenvalue weighted by molar-refractivity contribution is -0.113. The van der Waals surface area contributed by atoms with Gasteiger partial charge in [-0.05, 0) is 68.6 Å². The van der Waals surface area contributed by atoms with Crippen molar-refractivity contribution in [1.29, 1.82) is 0 Å². The zero-order chi connectivity index (χ0) is 19.6. The molecule has 1 fully saturated rings. The monoisotopic (exact) mass is 359 g/mol. The topological polar surface area (TPSA) is 20.3 Å². The summed E-state index contributed by atoms with van der Waals surface area (Å²) in [5.41, 5.74) is 8.94. The first-order valence-corrected chi connectivity index (χ1v) is 9.70. The van der Waals surface area contributed by atoms with Gasteiger partial charge in [0, 0.05) is 24.2 Å². The first-order chi connectivity index (χ1) is 12.9. The summed E-state index contributed by atoms with van der Waals surface area (Å²) in [5, 5.41) is 0. The second-order valence-corrected chi connectivity index (χ2v) is 7.69. The van der Waals surface area contributed by atoms with Gasteiger partial charge in [0.05, 0.1) is 0 Å². The molecule has 1 saturated heterocycles. The number of hydrogen-bond donors (Lipinski definition) is 0. The molecule has 0 atom stereocenters. The molecule has 3 rings (SSSR count). The second kappa shape index (κ2) is 8.06. The highest BCUT2D eigenvalue weighted by atomic mass is 16.1. The Labute approximate surface area is 163 Å². The van der Waals surface area contributed by atoms with Gasteiger partial charge in [-0.1, -0.05) is 54.4 Å². The summed E-state index contributed by atoms with van der Waals surface area (Å²) in [6.07, 6.45) is 4.16. The Morgan fingerprint density at radius 3 is 1.63 bits per heavy atom. The van der Waals surface area contributed by atoms with Crippen molar-refractivity contribution in [3.05, 3.63) is 80.9 Å². The molecule has 140 valence electrons. The van der Waals surface area contributed by atoms with E-state index < -0.39 is 0 Å². The summed E-state index contributed by atoms with van der Waals surface area (Å²) >= 11 is 0. The lowest BCUT2D eigenvalue weighted by Gasteiger charge is -2.29. The molecule has 27 heavy (non-hydrogen) atoms. The Morgan fingerprint density at radius 2 is 1.26 bits per heavy atom. The van der Waals surface area contributed by atoms with E-state index in [2.05, 4.69) is 88.1 Å². The molecule has 0 saturated carbocycles. The van der Waals surface area contributed by atoms with Crippen LogP contribution in [0.15, 0.2) is 47.5 Å². The smallest absolute Gasteiger partial charge is 0.187 e. The molecule has 0 N–H and O–H groups in total. The van der Waals surface area contributed by atoms with Crippen LogP contribution in [0.3, 0.4) is 0 Å². The molecule has 1 aliphatic heterocycles. The van der Waals surface area contributed by atoms with Gasteiger partial charge < -0.3 is 0 Å². The summed E-state index contributed by atoms with van der Waals surface area (Å²) in [6, 6.07) is 12.8. The number of Topliss-reactive ketones (excluding diaryl/α,β-unsaturated/α-hetero) is 1. The molecule has 1 aliphatic rings. The van der Waals surface area contributed by atoms with Crippen molar-refractivity contribution in [3.63, 3.8) is 0 Å². The number of likely N-dealkylation sites (N-methyl/N-ethyl adjacent to an activating group) is 1. The van der Waals surface area contributed by atoms with Crippen LogP contribution in [0.5, 0.6) is 0 Å². The van der Waals surface area contributed by atoms with Crippen LogP contribution in [0.25, 0.3) is 12.2 Å². The Bertz CT molecular complexity index is 860. The van der Waals surface area contributed by atoms with Gasteiger partial charge in [-0.2, -0.15) is 0 Å². The van der Waals surface area contributed by atoms with E-state index in [4.69, 9.17) is 0 Å².